The van der Waals surface area contributed by atoms with Crippen LogP contribution in [0.3, 0.4) is 0 Å². The summed E-state index contributed by atoms with van der Waals surface area (Å²) in [5, 5.41) is 1.12. The molecule has 0 heterocycles. The van der Waals surface area contributed by atoms with Gasteiger partial charge in [-0.2, -0.15) is 25.3 Å². The van der Waals surface area contributed by atoms with Gasteiger partial charge in [0, 0.05) is 5.25 Å². The molecule has 0 saturated carbocycles. The first kappa shape index (κ1) is 9.70. The van der Waals surface area contributed by atoms with E-state index >= 15 is 0 Å². The third-order valence-corrected chi connectivity index (χ3v) is 2.27. The van der Waals surface area contributed by atoms with Crippen molar-refractivity contribution in [2.75, 3.05) is 0 Å². The number of hydrogen-bond acceptors (Lipinski definition) is 2. The fourth-order valence-corrected chi connectivity index (χ4v) is 0.936. The highest BCUT2D eigenvalue weighted by atomic mass is 32.1. The summed E-state index contributed by atoms with van der Waals surface area (Å²) in [7, 11) is 0. The van der Waals surface area contributed by atoms with Crippen LogP contribution in [0.15, 0.2) is 0 Å². The monoisotopic (exact) mass is 164 g/mol. The lowest BCUT2D eigenvalue weighted by molar-refractivity contribution is 0.684. The molecule has 0 N–H and O–H groups in total. The molecule has 0 rings (SSSR count). The summed E-state index contributed by atoms with van der Waals surface area (Å²) < 4.78 is 0. The van der Waals surface area contributed by atoms with E-state index in [1.54, 1.807) is 0 Å². The maximum atomic E-state index is 4.37. The van der Waals surface area contributed by atoms with Crippen LogP contribution in [0.25, 0.3) is 0 Å². The number of rotatable bonds is 4. The lowest BCUT2D eigenvalue weighted by Crippen LogP contribution is -2.00. The van der Waals surface area contributed by atoms with Crippen molar-refractivity contribution >= 4 is 25.3 Å². The van der Waals surface area contributed by atoms with Crippen LogP contribution in [0.1, 0.15) is 33.1 Å². The smallest absolute Gasteiger partial charge is 0.00145 e. The van der Waals surface area contributed by atoms with Gasteiger partial charge in [-0.05, 0) is 24.5 Å². The van der Waals surface area contributed by atoms with Crippen molar-refractivity contribution in [1.82, 2.24) is 0 Å². The van der Waals surface area contributed by atoms with Gasteiger partial charge in [-0.25, -0.2) is 0 Å². The second-order valence-corrected chi connectivity index (χ2v) is 4.10. The van der Waals surface area contributed by atoms with Crippen molar-refractivity contribution in [1.29, 1.82) is 0 Å². The Morgan fingerprint density at radius 1 is 1.22 bits per heavy atom. The summed E-state index contributed by atoms with van der Waals surface area (Å²) in [6.45, 7) is 4.29. The molecule has 0 aliphatic carbocycles. The predicted octanol–water partition coefficient (Wildman–Crippen LogP) is 2.79. The van der Waals surface area contributed by atoms with Gasteiger partial charge in [0.05, 0.1) is 0 Å². The molecule has 2 atom stereocenters. The van der Waals surface area contributed by atoms with Gasteiger partial charge in [0.25, 0.3) is 0 Å². The predicted molar refractivity (Wildman–Crippen MR) is 50.7 cm³/mol. The molecule has 0 aromatic heterocycles. The van der Waals surface area contributed by atoms with Crippen molar-refractivity contribution < 1.29 is 0 Å². The molecular weight excluding hydrogens is 148 g/mol. The molecule has 0 aliphatic rings. The first-order valence-corrected chi connectivity index (χ1v) is 4.56. The second kappa shape index (κ2) is 5.48. The maximum Gasteiger partial charge on any atom is 0.00145 e. The van der Waals surface area contributed by atoms with Crippen molar-refractivity contribution in [3.05, 3.63) is 0 Å². The highest BCUT2D eigenvalue weighted by Crippen LogP contribution is 2.12. The zero-order valence-corrected chi connectivity index (χ0v) is 7.96. The van der Waals surface area contributed by atoms with Crippen LogP contribution in [0.4, 0.5) is 0 Å². The fourth-order valence-electron chi connectivity index (χ4n) is 0.638. The van der Waals surface area contributed by atoms with E-state index in [4.69, 9.17) is 0 Å². The summed E-state index contributed by atoms with van der Waals surface area (Å²) in [5.74, 6) is 0. The lowest BCUT2D eigenvalue weighted by Gasteiger charge is -2.07. The van der Waals surface area contributed by atoms with E-state index in [2.05, 4.69) is 39.1 Å². The van der Waals surface area contributed by atoms with Crippen LogP contribution in [0.5, 0.6) is 0 Å². The highest BCUT2D eigenvalue weighted by molar-refractivity contribution is 7.81. The topological polar surface area (TPSA) is 0 Å². The first-order valence-electron chi connectivity index (χ1n) is 3.53. The quantitative estimate of drug-likeness (QED) is 0.587. The molecule has 9 heavy (non-hydrogen) atoms. The Labute approximate surface area is 69.2 Å². The molecule has 0 fully saturated rings. The zero-order chi connectivity index (χ0) is 7.28. The summed E-state index contributed by atoms with van der Waals surface area (Å²) in [6, 6.07) is 0. The highest BCUT2D eigenvalue weighted by Gasteiger charge is 2.00. The second-order valence-electron chi connectivity index (χ2n) is 2.49. The molecule has 0 saturated heterocycles. The van der Waals surface area contributed by atoms with Gasteiger partial charge in [-0.1, -0.05) is 13.8 Å². The Bertz CT molecular complexity index is 61.9. The van der Waals surface area contributed by atoms with E-state index in [1.807, 2.05) is 0 Å². The third-order valence-electron chi connectivity index (χ3n) is 1.39. The molecule has 0 aromatic rings. The fraction of sp³-hybridized carbons (Fsp3) is 1.00. The molecule has 0 nitrogen and oxygen atoms in total. The average molecular weight is 164 g/mol. The van der Waals surface area contributed by atoms with E-state index < -0.39 is 0 Å². The number of hydrogen-bond donors (Lipinski definition) is 2. The standard InChI is InChI=1S/C7H16S2/c1-3-7(9)5-4-6(2)8/h6-9H,3-5H2,1-2H3. The van der Waals surface area contributed by atoms with E-state index in [0.29, 0.717) is 10.5 Å². The molecular formula is C7H16S2. The lowest BCUT2D eigenvalue weighted by atomic mass is 10.1. The van der Waals surface area contributed by atoms with Crippen LogP contribution in [0, 0.1) is 0 Å². The summed E-state index contributed by atoms with van der Waals surface area (Å²) >= 11 is 8.65. The van der Waals surface area contributed by atoms with Crippen LogP contribution in [-0.4, -0.2) is 10.5 Å². The Kier molecular flexibility index (Phi) is 5.91. The Morgan fingerprint density at radius 3 is 2.11 bits per heavy atom. The van der Waals surface area contributed by atoms with E-state index in [-0.39, 0.29) is 0 Å². The van der Waals surface area contributed by atoms with Crippen LogP contribution < -0.4 is 0 Å². The van der Waals surface area contributed by atoms with Crippen molar-refractivity contribution in [3.8, 4) is 0 Å². The summed E-state index contributed by atoms with van der Waals surface area (Å²) in [4.78, 5) is 0. The molecule has 56 valence electrons. The van der Waals surface area contributed by atoms with Gasteiger partial charge in [0.2, 0.25) is 0 Å². The minimum atomic E-state index is 0.534. The summed E-state index contributed by atoms with van der Waals surface area (Å²) in [5.41, 5.74) is 0. The van der Waals surface area contributed by atoms with Gasteiger partial charge in [0.1, 0.15) is 0 Å². The average Bonchev–Trinajstić information content (AvgIpc) is 1.83. The van der Waals surface area contributed by atoms with Crippen LogP contribution >= 0.6 is 25.3 Å². The van der Waals surface area contributed by atoms with Gasteiger partial charge in [0.15, 0.2) is 0 Å². The Balaban J connectivity index is 3.06. The van der Waals surface area contributed by atoms with E-state index in [0.717, 1.165) is 0 Å². The molecule has 0 amide bonds. The van der Waals surface area contributed by atoms with Crippen molar-refractivity contribution in [3.63, 3.8) is 0 Å². The Morgan fingerprint density at radius 2 is 1.78 bits per heavy atom. The van der Waals surface area contributed by atoms with E-state index in [1.165, 1.54) is 19.3 Å². The SMILES string of the molecule is CCC(S)CCC(C)S. The van der Waals surface area contributed by atoms with Crippen molar-refractivity contribution in [2.45, 2.75) is 43.6 Å². The van der Waals surface area contributed by atoms with E-state index in [9.17, 15) is 0 Å². The Hall–Kier alpha value is 0.700. The van der Waals surface area contributed by atoms with Gasteiger partial charge < -0.3 is 0 Å². The van der Waals surface area contributed by atoms with Crippen LogP contribution in [-0.2, 0) is 0 Å². The molecule has 0 aliphatic heterocycles. The number of thiol groups is 2. The normalized spacial score (nSPS) is 17.3. The molecule has 0 spiro atoms. The van der Waals surface area contributed by atoms with Crippen molar-refractivity contribution in [2.24, 2.45) is 0 Å². The van der Waals surface area contributed by atoms with Gasteiger partial charge >= 0.3 is 0 Å². The maximum absolute atomic E-state index is 4.37. The first-order chi connectivity index (χ1) is 4.16. The minimum absolute atomic E-state index is 0.534. The third kappa shape index (κ3) is 6.59. The van der Waals surface area contributed by atoms with Gasteiger partial charge in [-0.15, -0.1) is 0 Å². The largest absolute Gasteiger partial charge is 0.176 e. The molecule has 0 radical (unpaired) electrons. The summed E-state index contributed by atoms with van der Waals surface area (Å²) in [6.07, 6.45) is 3.55. The minimum Gasteiger partial charge on any atom is -0.176 e. The molecule has 0 aromatic carbocycles. The molecule has 2 heteroatoms. The van der Waals surface area contributed by atoms with Gasteiger partial charge in [-0.3, -0.25) is 0 Å². The van der Waals surface area contributed by atoms with Crippen LogP contribution in [0.2, 0.25) is 0 Å². The molecule has 0 bridgehead atoms. The molecule has 2 unspecified atom stereocenters. The zero-order valence-electron chi connectivity index (χ0n) is 6.17.